The van der Waals surface area contributed by atoms with Crippen molar-refractivity contribution >= 4 is 29.3 Å². The predicted octanol–water partition coefficient (Wildman–Crippen LogP) is 0.798. The summed E-state index contributed by atoms with van der Waals surface area (Å²) in [6.45, 7) is 1.30. The molecular formula is C16H18N4O4. The second kappa shape index (κ2) is 5.95. The number of aliphatic carboxylic acids is 1. The van der Waals surface area contributed by atoms with Crippen LogP contribution in [0.1, 0.15) is 24.5 Å². The summed E-state index contributed by atoms with van der Waals surface area (Å²) in [5.74, 6) is -1.05. The van der Waals surface area contributed by atoms with Gasteiger partial charge in [-0.05, 0) is 31.0 Å². The lowest BCUT2D eigenvalue weighted by atomic mass is 9.95. The number of carboxylic acids is 1. The number of amides is 3. The minimum atomic E-state index is -1.13. The minimum absolute atomic E-state index is 0.0820. The van der Waals surface area contributed by atoms with E-state index in [1.807, 2.05) is 18.2 Å². The molecule has 1 unspecified atom stereocenters. The Bertz CT molecular complexity index is 758. The lowest BCUT2D eigenvalue weighted by molar-refractivity contribution is -0.137. The zero-order valence-corrected chi connectivity index (χ0v) is 13.4. The molecule has 3 rings (SSSR count). The maximum absolute atomic E-state index is 11.8. The van der Waals surface area contributed by atoms with Crippen LogP contribution >= 0.6 is 0 Å². The molecule has 1 atom stereocenters. The molecule has 0 bridgehead atoms. The van der Waals surface area contributed by atoms with E-state index in [1.165, 1.54) is 0 Å². The number of carbonyl (C=O) groups excluding carboxylic acids is 2. The third kappa shape index (κ3) is 2.82. The molecule has 8 nitrogen and oxygen atoms in total. The molecule has 2 aliphatic heterocycles. The summed E-state index contributed by atoms with van der Waals surface area (Å²) in [7, 11) is 1.75. The van der Waals surface area contributed by atoms with Crippen LogP contribution in [0.3, 0.4) is 0 Å². The van der Waals surface area contributed by atoms with Gasteiger partial charge in [0, 0.05) is 24.7 Å². The van der Waals surface area contributed by atoms with E-state index in [1.54, 1.807) is 18.9 Å². The van der Waals surface area contributed by atoms with Crippen LogP contribution in [0, 0.1) is 0 Å². The Balaban J connectivity index is 1.97. The van der Waals surface area contributed by atoms with E-state index in [9.17, 15) is 14.4 Å². The van der Waals surface area contributed by atoms with Crippen molar-refractivity contribution < 1.29 is 19.5 Å². The minimum Gasteiger partial charge on any atom is -0.480 e. The third-order valence-corrected chi connectivity index (χ3v) is 4.22. The highest BCUT2D eigenvalue weighted by Gasteiger charge is 2.29. The number of benzene rings is 1. The Morgan fingerprint density at radius 2 is 2.12 bits per heavy atom. The number of hydrogen-bond acceptors (Lipinski definition) is 4. The Morgan fingerprint density at radius 3 is 2.83 bits per heavy atom. The van der Waals surface area contributed by atoms with E-state index >= 15 is 0 Å². The Hall–Kier alpha value is -2.90. The van der Waals surface area contributed by atoms with Crippen LogP contribution in [0.15, 0.2) is 23.3 Å². The van der Waals surface area contributed by atoms with Crippen molar-refractivity contribution in [1.29, 1.82) is 0 Å². The lowest BCUT2D eigenvalue weighted by Gasteiger charge is -2.30. The maximum atomic E-state index is 11.8. The van der Waals surface area contributed by atoms with Crippen LogP contribution in [-0.2, 0) is 16.0 Å². The van der Waals surface area contributed by atoms with Gasteiger partial charge in [-0.1, -0.05) is 6.07 Å². The summed E-state index contributed by atoms with van der Waals surface area (Å²) >= 11 is 0. The molecule has 8 heteroatoms. The van der Waals surface area contributed by atoms with Gasteiger partial charge in [-0.2, -0.15) is 5.10 Å². The second-order valence-electron chi connectivity index (χ2n) is 5.90. The molecule has 0 saturated carbocycles. The molecule has 126 valence electrons. The Kier molecular flexibility index (Phi) is 3.96. The average Bonchev–Trinajstić information content (AvgIpc) is 2.53. The number of rotatable bonds is 3. The monoisotopic (exact) mass is 330 g/mol. The first kappa shape index (κ1) is 16.0. The number of anilines is 1. The molecule has 2 heterocycles. The van der Waals surface area contributed by atoms with Crippen molar-refractivity contribution in [3.05, 3.63) is 29.3 Å². The van der Waals surface area contributed by atoms with Crippen LogP contribution in [0.4, 0.5) is 10.5 Å². The van der Waals surface area contributed by atoms with Gasteiger partial charge < -0.3 is 15.3 Å². The average molecular weight is 330 g/mol. The normalized spacial score (nSPS) is 20.4. The first-order valence-corrected chi connectivity index (χ1v) is 7.65. The van der Waals surface area contributed by atoms with Gasteiger partial charge in [0.1, 0.15) is 6.54 Å². The van der Waals surface area contributed by atoms with Gasteiger partial charge in [0.25, 0.3) is 0 Å². The molecular weight excluding hydrogens is 312 g/mol. The maximum Gasteiger partial charge on any atom is 0.338 e. The number of fused-ring (bicyclic) bond motifs is 1. The van der Waals surface area contributed by atoms with Gasteiger partial charge in [0.05, 0.1) is 11.8 Å². The standard InChI is InChI=1S/C16H18N4O4/c1-9-15(18-20(8-14(22)23)16(24)17-9)11-3-5-12-10(7-11)4-6-13(21)19(12)2/h3,5,7,9H,4,6,8H2,1-2H3,(H,17,24)(H,22,23). The van der Waals surface area contributed by atoms with Crippen LogP contribution in [0.25, 0.3) is 0 Å². The molecule has 0 saturated heterocycles. The fraction of sp³-hybridized carbons (Fsp3) is 0.375. The zero-order valence-electron chi connectivity index (χ0n) is 13.4. The van der Waals surface area contributed by atoms with Gasteiger partial charge in [-0.3, -0.25) is 9.59 Å². The van der Waals surface area contributed by atoms with Gasteiger partial charge in [-0.15, -0.1) is 0 Å². The number of hydrogen-bond donors (Lipinski definition) is 2. The van der Waals surface area contributed by atoms with E-state index in [2.05, 4.69) is 10.4 Å². The van der Waals surface area contributed by atoms with Crippen LogP contribution < -0.4 is 10.2 Å². The number of hydrazone groups is 1. The van der Waals surface area contributed by atoms with Crippen molar-refractivity contribution in [3.63, 3.8) is 0 Å². The number of nitrogens with one attached hydrogen (secondary N) is 1. The van der Waals surface area contributed by atoms with Crippen molar-refractivity contribution in [3.8, 4) is 0 Å². The van der Waals surface area contributed by atoms with Crippen LogP contribution in [0.5, 0.6) is 0 Å². The van der Waals surface area contributed by atoms with Crippen molar-refractivity contribution in [2.24, 2.45) is 5.10 Å². The van der Waals surface area contributed by atoms with Gasteiger partial charge in [-0.25, -0.2) is 9.80 Å². The van der Waals surface area contributed by atoms with Crippen molar-refractivity contribution in [2.45, 2.75) is 25.8 Å². The zero-order chi connectivity index (χ0) is 17.4. The van der Waals surface area contributed by atoms with Crippen LogP contribution in [0.2, 0.25) is 0 Å². The molecule has 0 spiro atoms. The summed E-state index contributed by atoms with van der Waals surface area (Å²) in [6.07, 6.45) is 1.11. The number of urea groups is 1. The highest BCUT2D eigenvalue weighted by atomic mass is 16.4. The fourth-order valence-electron chi connectivity index (χ4n) is 2.95. The Labute approximate surface area is 138 Å². The summed E-state index contributed by atoms with van der Waals surface area (Å²) in [5.41, 5.74) is 3.30. The van der Waals surface area contributed by atoms with E-state index < -0.39 is 18.5 Å². The molecule has 2 aliphatic rings. The molecule has 3 amide bonds. The van der Waals surface area contributed by atoms with E-state index in [0.29, 0.717) is 18.6 Å². The SMILES string of the molecule is CC1NC(=O)N(CC(=O)O)N=C1c1ccc2c(c1)CCC(=O)N2C. The predicted molar refractivity (Wildman–Crippen MR) is 87.0 cm³/mol. The third-order valence-electron chi connectivity index (χ3n) is 4.22. The van der Waals surface area contributed by atoms with Crippen molar-refractivity contribution in [1.82, 2.24) is 10.3 Å². The number of aryl methyl sites for hydroxylation is 1. The van der Waals surface area contributed by atoms with Gasteiger partial charge >= 0.3 is 12.0 Å². The summed E-state index contributed by atoms with van der Waals surface area (Å²) in [4.78, 5) is 36.1. The summed E-state index contributed by atoms with van der Waals surface area (Å²) in [6, 6.07) is 4.78. The number of carboxylic acid groups (broad SMARTS) is 1. The lowest BCUT2D eigenvalue weighted by Crippen LogP contribution is -2.51. The van der Waals surface area contributed by atoms with Crippen LogP contribution in [-0.4, -0.2) is 53.4 Å². The van der Waals surface area contributed by atoms with Crippen molar-refractivity contribution in [2.75, 3.05) is 18.5 Å². The molecule has 0 aliphatic carbocycles. The van der Waals surface area contributed by atoms with E-state index in [4.69, 9.17) is 5.11 Å². The van der Waals surface area contributed by atoms with E-state index in [-0.39, 0.29) is 11.9 Å². The second-order valence-corrected chi connectivity index (χ2v) is 5.90. The summed E-state index contributed by atoms with van der Waals surface area (Å²) in [5, 5.41) is 16.7. The quantitative estimate of drug-likeness (QED) is 0.855. The highest BCUT2D eigenvalue weighted by molar-refractivity contribution is 6.08. The first-order chi connectivity index (χ1) is 11.4. The summed E-state index contributed by atoms with van der Waals surface area (Å²) < 4.78 is 0. The van der Waals surface area contributed by atoms with Gasteiger partial charge in [0.2, 0.25) is 5.91 Å². The molecule has 0 radical (unpaired) electrons. The molecule has 24 heavy (non-hydrogen) atoms. The molecule has 0 aromatic heterocycles. The Morgan fingerprint density at radius 1 is 1.38 bits per heavy atom. The van der Waals surface area contributed by atoms with E-state index in [0.717, 1.165) is 21.8 Å². The number of carbonyl (C=O) groups is 3. The molecule has 1 aromatic carbocycles. The molecule has 1 aromatic rings. The highest BCUT2D eigenvalue weighted by Crippen LogP contribution is 2.28. The number of nitrogens with zero attached hydrogens (tertiary/aromatic N) is 3. The largest absolute Gasteiger partial charge is 0.480 e. The smallest absolute Gasteiger partial charge is 0.338 e. The molecule has 2 N–H and O–H groups in total. The topological polar surface area (TPSA) is 102 Å². The van der Waals surface area contributed by atoms with Gasteiger partial charge in [0.15, 0.2) is 0 Å². The fourth-order valence-corrected chi connectivity index (χ4v) is 2.95. The molecule has 0 fully saturated rings. The first-order valence-electron chi connectivity index (χ1n) is 7.65.